The van der Waals surface area contributed by atoms with E-state index in [4.69, 9.17) is 0 Å². The molecule has 0 unspecified atom stereocenters. The number of aromatic amines is 1. The second kappa shape index (κ2) is 8.10. The molecule has 0 radical (unpaired) electrons. The fraction of sp³-hybridized carbons (Fsp3) is 0.421. The van der Waals surface area contributed by atoms with Crippen molar-refractivity contribution in [2.75, 3.05) is 13.1 Å². The van der Waals surface area contributed by atoms with E-state index < -0.39 is 0 Å². The van der Waals surface area contributed by atoms with Crippen LogP contribution in [0.15, 0.2) is 36.8 Å². The van der Waals surface area contributed by atoms with E-state index in [-0.39, 0.29) is 30.4 Å². The molecule has 4 heterocycles. The van der Waals surface area contributed by atoms with Crippen molar-refractivity contribution in [3.8, 4) is 11.5 Å². The van der Waals surface area contributed by atoms with Gasteiger partial charge in [0.05, 0.1) is 12.4 Å². The maximum absolute atomic E-state index is 13.1. The van der Waals surface area contributed by atoms with Crippen molar-refractivity contribution in [3.05, 3.63) is 42.5 Å². The third kappa shape index (κ3) is 3.70. The number of imidazole rings is 2. The van der Waals surface area contributed by atoms with E-state index in [1.54, 1.807) is 12.4 Å². The number of carbonyl (C=O) groups excluding carboxylic acids is 1. The second-order valence-electron chi connectivity index (χ2n) is 7.01. The lowest BCUT2D eigenvalue weighted by atomic mass is 10.0. The Balaban J connectivity index is 0.00000210. The van der Waals surface area contributed by atoms with Crippen molar-refractivity contribution in [1.82, 2.24) is 29.6 Å². The van der Waals surface area contributed by atoms with Gasteiger partial charge in [-0.05, 0) is 51.9 Å². The smallest absolute Gasteiger partial charge is 0.272 e. The quantitative estimate of drug-likeness (QED) is 0.720. The number of nitrogens with one attached hydrogen (secondary N) is 2. The van der Waals surface area contributed by atoms with Crippen molar-refractivity contribution >= 4 is 24.0 Å². The number of pyridine rings is 1. The number of nitrogens with zero attached hydrogens (tertiary/aromatic N) is 4. The summed E-state index contributed by atoms with van der Waals surface area (Å²) in [5.74, 6) is 0.667. The predicted molar refractivity (Wildman–Crippen MR) is 107 cm³/mol. The number of H-pyrrole nitrogens is 1. The van der Waals surface area contributed by atoms with Crippen LogP contribution in [0, 0.1) is 0 Å². The van der Waals surface area contributed by atoms with E-state index in [0.717, 1.165) is 37.3 Å². The number of rotatable bonds is 4. The van der Waals surface area contributed by atoms with Crippen LogP contribution in [0.3, 0.4) is 0 Å². The monoisotopic (exact) mass is 388 g/mol. The first-order valence-electron chi connectivity index (χ1n) is 9.16. The summed E-state index contributed by atoms with van der Waals surface area (Å²) in [6, 6.07) is 6.25. The molecular formula is C19H25ClN6O. The van der Waals surface area contributed by atoms with Crippen molar-refractivity contribution in [3.63, 3.8) is 0 Å². The summed E-state index contributed by atoms with van der Waals surface area (Å²) in [6.45, 7) is 6.05. The summed E-state index contributed by atoms with van der Waals surface area (Å²) in [5.41, 5.74) is 2.22. The van der Waals surface area contributed by atoms with Gasteiger partial charge in [0, 0.05) is 18.3 Å². The molecule has 1 aliphatic heterocycles. The van der Waals surface area contributed by atoms with Gasteiger partial charge in [-0.25, -0.2) is 9.97 Å². The average molecular weight is 389 g/mol. The van der Waals surface area contributed by atoms with Crippen LogP contribution in [-0.2, 0) is 0 Å². The molecule has 1 saturated heterocycles. The number of hydrogen-bond donors (Lipinski definition) is 2. The first-order chi connectivity index (χ1) is 12.6. The molecule has 0 aliphatic carbocycles. The minimum absolute atomic E-state index is 0. The maximum atomic E-state index is 13.1. The van der Waals surface area contributed by atoms with Gasteiger partial charge in [0.1, 0.15) is 17.0 Å². The van der Waals surface area contributed by atoms with Crippen molar-refractivity contribution in [1.29, 1.82) is 0 Å². The second-order valence-corrected chi connectivity index (χ2v) is 7.01. The van der Waals surface area contributed by atoms with Gasteiger partial charge in [0.25, 0.3) is 5.91 Å². The van der Waals surface area contributed by atoms with Gasteiger partial charge in [-0.3, -0.25) is 9.20 Å². The lowest BCUT2D eigenvalue weighted by Crippen LogP contribution is -2.49. The molecule has 8 heteroatoms. The van der Waals surface area contributed by atoms with E-state index in [0.29, 0.717) is 11.5 Å². The molecule has 0 atom stereocenters. The van der Waals surface area contributed by atoms with Crippen LogP contribution in [0.4, 0.5) is 0 Å². The number of carbonyl (C=O) groups is 1. The highest BCUT2D eigenvalue weighted by atomic mass is 35.5. The fourth-order valence-corrected chi connectivity index (χ4v) is 3.71. The van der Waals surface area contributed by atoms with Gasteiger partial charge in [-0.1, -0.05) is 6.07 Å². The number of halogens is 1. The highest BCUT2D eigenvalue weighted by molar-refractivity contribution is 5.93. The zero-order valence-corrected chi connectivity index (χ0v) is 16.4. The highest BCUT2D eigenvalue weighted by Crippen LogP contribution is 2.21. The number of amides is 1. The molecule has 0 aromatic carbocycles. The SMILES string of the molecule is CC(C)N(C(=O)c1cnc(-c2cnc3ccccn23)[nH]1)C1CCNCC1.Cl. The summed E-state index contributed by atoms with van der Waals surface area (Å²) < 4.78 is 1.96. The van der Waals surface area contributed by atoms with Gasteiger partial charge < -0.3 is 15.2 Å². The molecule has 3 aromatic heterocycles. The van der Waals surface area contributed by atoms with E-state index in [1.807, 2.05) is 33.7 Å². The molecule has 1 aliphatic rings. The lowest BCUT2D eigenvalue weighted by Gasteiger charge is -2.37. The van der Waals surface area contributed by atoms with Gasteiger partial charge in [-0.15, -0.1) is 12.4 Å². The van der Waals surface area contributed by atoms with Crippen LogP contribution < -0.4 is 5.32 Å². The Morgan fingerprint density at radius 2 is 2.00 bits per heavy atom. The third-order valence-corrected chi connectivity index (χ3v) is 4.96. The molecule has 27 heavy (non-hydrogen) atoms. The fourth-order valence-electron chi connectivity index (χ4n) is 3.71. The number of fused-ring (bicyclic) bond motifs is 1. The summed E-state index contributed by atoms with van der Waals surface area (Å²) in [6.07, 6.45) is 7.32. The van der Waals surface area contributed by atoms with Gasteiger partial charge in [0.2, 0.25) is 0 Å². The molecule has 1 fully saturated rings. The summed E-state index contributed by atoms with van der Waals surface area (Å²) in [4.78, 5) is 27.2. The molecule has 0 spiro atoms. The molecular weight excluding hydrogens is 364 g/mol. The topological polar surface area (TPSA) is 78.3 Å². The van der Waals surface area contributed by atoms with E-state index in [9.17, 15) is 4.79 Å². The predicted octanol–water partition coefficient (Wildman–Crippen LogP) is 2.75. The molecule has 0 bridgehead atoms. The van der Waals surface area contributed by atoms with Crippen LogP contribution in [0.25, 0.3) is 17.2 Å². The Bertz CT molecular complexity index is 912. The first-order valence-corrected chi connectivity index (χ1v) is 9.16. The van der Waals surface area contributed by atoms with Crippen molar-refractivity contribution < 1.29 is 4.79 Å². The third-order valence-electron chi connectivity index (χ3n) is 4.96. The Hall–Kier alpha value is -2.38. The van der Waals surface area contributed by atoms with Gasteiger partial charge in [0.15, 0.2) is 5.82 Å². The molecule has 4 rings (SSSR count). The molecule has 0 saturated carbocycles. The van der Waals surface area contributed by atoms with Crippen molar-refractivity contribution in [2.45, 2.75) is 38.8 Å². The summed E-state index contributed by atoms with van der Waals surface area (Å²) in [7, 11) is 0. The van der Waals surface area contributed by atoms with E-state index in [1.165, 1.54) is 0 Å². The minimum atomic E-state index is 0. The molecule has 7 nitrogen and oxygen atoms in total. The van der Waals surface area contributed by atoms with Crippen LogP contribution in [-0.4, -0.2) is 55.3 Å². The Morgan fingerprint density at radius 1 is 1.22 bits per heavy atom. The summed E-state index contributed by atoms with van der Waals surface area (Å²) >= 11 is 0. The van der Waals surface area contributed by atoms with Crippen LogP contribution >= 0.6 is 12.4 Å². The lowest BCUT2D eigenvalue weighted by molar-refractivity contribution is 0.0560. The number of aromatic nitrogens is 4. The van der Waals surface area contributed by atoms with Crippen LogP contribution in [0.1, 0.15) is 37.2 Å². The van der Waals surface area contributed by atoms with Crippen molar-refractivity contribution in [2.24, 2.45) is 0 Å². The first kappa shape index (κ1) is 19.4. The molecule has 1 amide bonds. The van der Waals surface area contributed by atoms with E-state index >= 15 is 0 Å². The zero-order valence-electron chi connectivity index (χ0n) is 15.6. The zero-order chi connectivity index (χ0) is 18.1. The normalized spacial score (nSPS) is 15.1. The standard InChI is InChI=1S/C19H24N6O.ClH/c1-13(2)25(14-6-8-20-9-7-14)19(26)15-11-22-18(23-15)16-12-21-17-5-3-4-10-24(16)17;/h3-5,10-14,20H,6-9H2,1-2H3,(H,22,23);1H. The summed E-state index contributed by atoms with van der Waals surface area (Å²) in [5, 5.41) is 3.36. The Morgan fingerprint density at radius 3 is 2.74 bits per heavy atom. The van der Waals surface area contributed by atoms with Crippen LogP contribution in [0.5, 0.6) is 0 Å². The molecule has 2 N–H and O–H groups in total. The average Bonchev–Trinajstić information content (AvgIpc) is 3.29. The number of piperidine rings is 1. The molecule has 144 valence electrons. The van der Waals surface area contributed by atoms with E-state index in [2.05, 4.69) is 34.1 Å². The van der Waals surface area contributed by atoms with Crippen LogP contribution in [0.2, 0.25) is 0 Å². The largest absolute Gasteiger partial charge is 0.333 e. The minimum Gasteiger partial charge on any atom is -0.333 e. The van der Waals surface area contributed by atoms with Gasteiger partial charge in [-0.2, -0.15) is 0 Å². The van der Waals surface area contributed by atoms with Gasteiger partial charge >= 0.3 is 0 Å². The Kier molecular flexibility index (Phi) is 5.82. The number of hydrogen-bond acceptors (Lipinski definition) is 4. The highest BCUT2D eigenvalue weighted by Gasteiger charge is 2.29. The Labute approximate surface area is 164 Å². The molecule has 3 aromatic rings. The maximum Gasteiger partial charge on any atom is 0.272 e.